The first kappa shape index (κ1) is 28.5. The Labute approximate surface area is 235 Å². The fourth-order valence-electron chi connectivity index (χ4n) is 4.46. The van der Waals surface area contributed by atoms with Crippen LogP contribution in [0.2, 0.25) is 5.02 Å². The molecule has 0 unspecified atom stereocenters. The number of benzene rings is 2. The number of carbonyl (C=O) groups is 1. The topological polar surface area (TPSA) is 85.2 Å². The summed E-state index contributed by atoms with van der Waals surface area (Å²) in [5.74, 6) is 1.10. The molecular formula is C30H37ClN6O2. The Morgan fingerprint density at radius 2 is 1.95 bits per heavy atom. The first-order valence-electron chi connectivity index (χ1n) is 13.4. The molecule has 0 bridgehead atoms. The summed E-state index contributed by atoms with van der Waals surface area (Å²) in [6.45, 7) is 13.1. The zero-order valence-electron chi connectivity index (χ0n) is 23.6. The lowest BCUT2D eigenvalue weighted by atomic mass is 10.1. The molecular weight excluding hydrogens is 512 g/mol. The van der Waals surface area contributed by atoms with Crippen molar-refractivity contribution in [2.45, 2.75) is 60.2 Å². The van der Waals surface area contributed by atoms with Crippen molar-refractivity contribution >= 4 is 28.4 Å². The molecule has 2 heterocycles. The fourth-order valence-corrected chi connectivity index (χ4v) is 4.63. The van der Waals surface area contributed by atoms with Gasteiger partial charge in [-0.1, -0.05) is 25.4 Å². The molecule has 0 atom stereocenters. The standard InChI is InChI=1S/C30H37ClN6O2/c1-7-37-21(5)23(17-33-37)18-36(6)30(38)28-25-16-24(31)10-11-26(25)34-29(35-28)22-9-12-27(20(4)15-22)39-14-8-13-32-19(2)3/h9-12,15-17,19,32H,7-8,13-14,18H2,1-6H3. The summed E-state index contributed by atoms with van der Waals surface area (Å²) in [7, 11) is 1.77. The maximum absolute atomic E-state index is 13.7. The number of halogens is 1. The molecule has 0 radical (unpaired) electrons. The summed E-state index contributed by atoms with van der Waals surface area (Å²) in [6.07, 6.45) is 2.74. The number of hydrogen-bond donors (Lipinski definition) is 1. The van der Waals surface area contributed by atoms with E-state index in [9.17, 15) is 4.79 Å². The van der Waals surface area contributed by atoms with Gasteiger partial charge in [0.15, 0.2) is 5.82 Å². The van der Waals surface area contributed by atoms with Crippen molar-refractivity contribution in [3.05, 3.63) is 70.1 Å². The molecule has 1 amide bonds. The van der Waals surface area contributed by atoms with Crippen LogP contribution in [0.5, 0.6) is 5.75 Å². The fraction of sp³-hybridized carbons (Fsp3) is 0.400. The van der Waals surface area contributed by atoms with Crippen molar-refractivity contribution < 1.29 is 9.53 Å². The number of rotatable bonds is 11. The number of aryl methyl sites for hydroxylation is 2. The Morgan fingerprint density at radius 3 is 2.64 bits per heavy atom. The van der Waals surface area contributed by atoms with Crippen LogP contribution in [-0.4, -0.2) is 56.8 Å². The molecule has 2 aromatic carbocycles. The summed E-state index contributed by atoms with van der Waals surface area (Å²) < 4.78 is 7.92. The molecule has 0 aliphatic rings. The van der Waals surface area contributed by atoms with Gasteiger partial charge in [-0.3, -0.25) is 9.48 Å². The number of fused-ring (bicyclic) bond motifs is 1. The van der Waals surface area contributed by atoms with Gasteiger partial charge in [0.2, 0.25) is 0 Å². The highest BCUT2D eigenvalue weighted by atomic mass is 35.5. The lowest BCUT2D eigenvalue weighted by Gasteiger charge is -2.18. The Bertz CT molecular complexity index is 1470. The van der Waals surface area contributed by atoms with E-state index in [0.29, 0.717) is 46.6 Å². The van der Waals surface area contributed by atoms with E-state index in [4.69, 9.17) is 26.3 Å². The predicted octanol–water partition coefficient (Wildman–Crippen LogP) is 5.82. The maximum Gasteiger partial charge on any atom is 0.273 e. The second-order valence-corrected chi connectivity index (χ2v) is 10.5. The zero-order chi connectivity index (χ0) is 28.1. The summed E-state index contributed by atoms with van der Waals surface area (Å²) in [5.41, 5.74) is 4.81. The SMILES string of the molecule is CCn1ncc(CN(C)C(=O)c2nc(-c3ccc(OCCCNC(C)C)c(C)c3)nc3ccc(Cl)cc23)c1C. The molecule has 1 N–H and O–H groups in total. The first-order valence-corrected chi connectivity index (χ1v) is 13.8. The first-order chi connectivity index (χ1) is 18.7. The summed E-state index contributed by atoms with van der Waals surface area (Å²) in [4.78, 5) is 24.9. The van der Waals surface area contributed by atoms with Crippen LogP contribution in [0, 0.1) is 13.8 Å². The van der Waals surface area contributed by atoms with Gasteiger partial charge in [-0.05, 0) is 75.7 Å². The van der Waals surface area contributed by atoms with Gasteiger partial charge in [-0.15, -0.1) is 0 Å². The van der Waals surface area contributed by atoms with E-state index < -0.39 is 0 Å². The normalized spacial score (nSPS) is 11.4. The third-order valence-electron chi connectivity index (χ3n) is 6.68. The van der Waals surface area contributed by atoms with E-state index in [1.54, 1.807) is 24.1 Å². The molecule has 206 valence electrons. The van der Waals surface area contributed by atoms with Gasteiger partial charge in [0.25, 0.3) is 5.91 Å². The molecule has 0 spiro atoms. The third-order valence-corrected chi connectivity index (χ3v) is 6.92. The minimum Gasteiger partial charge on any atom is -0.493 e. The van der Waals surface area contributed by atoms with E-state index in [1.807, 2.05) is 55.9 Å². The molecule has 4 rings (SSSR count). The van der Waals surface area contributed by atoms with Crippen molar-refractivity contribution in [3.8, 4) is 17.1 Å². The third kappa shape index (κ3) is 6.75. The number of nitrogens with zero attached hydrogens (tertiary/aromatic N) is 5. The van der Waals surface area contributed by atoms with Gasteiger partial charge in [0.05, 0.1) is 18.3 Å². The van der Waals surface area contributed by atoms with Gasteiger partial charge in [-0.25, -0.2) is 9.97 Å². The van der Waals surface area contributed by atoms with Gasteiger partial charge in [-0.2, -0.15) is 5.10 Å². The number of amides is 1. The molecule has 9 heteroatoms. The molecule has 0 fully saturated rings. The summed E-state index contributed by atoms with van der Waals surface area (Å²) in [5, 5.41) is 8.95. The smallest absolute Gasteiger partial charge is 0.273 e. The maximum atomic E-state index is 13.7. The minimum absolute atomic E-state index is 0.207. The van der Waals surface area contributed by atoms with Crippen LogP contribution in [0.15, 0.2) is 42.6 Å². The quantitative estimate of drug-likeness (QED) is 0.238. The van der Waals surface area contributed by atoms with Crippen LogP contribution in [0.25, 0.3) is 22.3 Å². The highest BCUT2D eigenvalue weighted by molar-refractivity contribution is 6.31. The minimum atomic E-state index is -0.207. The van der Waals surface area contributed by atoms with E-state index >= 15 is 0 Å². The monoisotopic (exact) mass is 548 g/mol. The second-order valence-electron chi connectivity index (χ2n) is 10.1. The van der Waals surface area contributed by atoms with Gasteiger partial charge in [0.1, 0.15) is 11.4 Å². The molecule has 0 saturated carbocycles. The van der Waals surface area contributed by atoms with Crippen LogP contribution in [0.4, 0.5) is 0 Å². The molecule has 0 aliphatic heterocycles. The average molecular weight is 549 g/mol. The van der Waals surface area contributed by atoms with E-state index in [2.05, 4.69) is 24.3 Å². The van der Waals surface area contributed by atoms with Crippen LogP contribution < -0.4 is 10.1 Å². The second kappa shape index (κ2) is 12.6. The number of hydrogen-bond acceptors (Lipinski definition) is 6. The molecule has 2 aromatic heterocycles. The van der Waals surface area contributed by atoms with E-state index in [1.165, 1.54) is 0 Å². The van der Waals surface area contributed by atoms with Gasteiger partial charge < -0.3 is 15.0 Å². The molecule has 39 heavy (non-hydrogen) atoms. The summed E-state index contributed by atoms with van der Waals surface area (Å²) >= 11 is 6.31. The van der Waals surface area contributed by atoms with Crippen molar-refractivity contribution in [2.75, 3.05) is 20.2 Å². The lowest BCUT2D eigenvalue weighted by Crippen LogP contribution is -2.27. The van der Waals surface area contributed by atoms with Gasteiger partial charge >= 0.3 is 0 Å². The van der Waals surface area contributed by atoms with Crippen LogP contribution >= 0.6 is 11.6 Å². The highest BCUT2D eigenvalue weighted by Gasteiger charge is 2.21. The number of aromatic nitrogens is 4. The number of carbonyl (C=O) groups excluding carboxylic acids is 1. The number of nitrogens with one attached hydrogen (secondary N) is 1. The molecule has 0 saturated heterocycles. The van der Waals surface area contributed by atoms with E-state index in [0.717, 1.165) is 47.6 Å². The Balaban J connectivity index is 1.61. The van der Waals surface area contributed by atoms with Gasteiger partial charge in [0, 0.05) is 53.4 Å². The molecule has 8 nitrogen and oxygen atoms in total. The average Bonchev–Trinajstić information content (AvgIpc) is 3.26. The highest BCUT2D eigenvalue weighted by Crippen LogP contribution is 2.28. The zero-order valence-corrected chi connectivity index (χ0v) is 24.3. The summed E-state index contributed by atoms with van der Waals surface area (Å²) in [6, 6.07) is 11.7. The Morgan fingerprint density at radius 1 is 1.15 bits per heavy atom. The molecule has 4 aromatic rings. The predicted molar refractivity (Wildman–Crippen MR) is 156 cm³/mol. The Hall–Kier alpha value is -3.49. The molecule has 0 aliphatic carbocycles. The van der Waals surface area contributed by atoms with E-state index in [-0.39, 0.29) is 5.91 Å². The van der Waals surface area contributed by atoms with Crippen molar-refractivity contribution in [3.63, 3.8) is 0 Å². The Kier molecular flexibility index (Phi) is 9.20. The van der Waals surface area contributed by atoms with Crippen molar-refractivity contribution in [1.82, 2.24) is 30.0 Å². The van der Waals surface area contributed by atoms with Crippen LogP contribution in [0.1, 0.15) is 54.5 Å². The van der Waals surface area contributed by atoms with Crippen molar-refractivity contribution in [1.29, 1.82) is 0 Å². The van der Waals surface area contributed by atoms with Crippen LogP contribution in [0.3, 0.4) is 0 Å². The lowest BCUT2D eigenvalue weighted by molar-refractivity contribution is 0.0781. The van der Waals surface area contributed by atoms with Crippen molar-refractivity contribution in [2.24, 2.45) is 0 Å². The van der Waals surface area contributed by atoms with Crippen LogP contribution in [-0.2, 0) is 13.1 Å². The number of ether oxygens (including phenoxy) is 1. The largest absolute Gasteiger partial charge is 0.493 e.